The van der Waals surface area contributed by atoms with Crippen LogP contribution in [0.2, 0.25) is 0 Å². The van der Waals surface area contributed by atoms with Gasteiger partial charge >= 0.3 is 0 Å². The van der Waals surface area contributed by atoms with E-state index in [1.54, 1.807) is 13.0 Å². The van der Waals surface area contributed by atoms with Gasteiger partial charge in [-0.1, -0.05) is 18.2 Å². The zero-order valence-corrected chi connectivity index (χ0v) is 21.2. The molecule has 3 unspecified atom stereocenters. The fourth-order valence-electron chi connectivity index (χ4n) is 5.52. The topological polar surface area (TPSA) is 79.4 Å². The van der Waals surface area contributed by atoms with Crippen molar-refractivity contribution in [3.8, 4) is 5.75 Å². The maximum atomic E-state index is 13.6. The summed E-state index contributed by atoms with van der Waals surface area (Å²) in [4.78, 5) is 30.8. The summed E-state index contributed by atoms with van der Waals surface area (Å²) in [5.41, 5.74) is 3.26. The molecule has 4 rings (SSSR count). The Labute approximate surface area is 205 Å². The predicted molar refractivity (Wildman–Crippen MR) is 136 cm³/mol. The number of carbonyl (C=O) groups excluding carboxylic acids is 1. The predicted octanol–water partition coefficient (Wildman–Crippen LogP) is 4.13. The van der Waals surface area contributed by atoms with Crippen molar-refractivity contribution in [3.63, 3.8) is 0 Å². The first-order chi connectivity index (χ1) is 16.8. The molecule has 3 heterocycles. The number of piperidine rings is 1. The first-order valence-corrected chi connectivity index (χ1v) is 12.2. The average molecular weight is 483 g/mol. The molecule has 1 aliphatic heterocycles. The minimum atomic E-state index is -0.347. The van der Waals surface area contributed by atoms with E-state index in [-0.39, 0.29) is 36.8 Å². The highest BCUT2D eigenvalue weighted by Gasteiger charge is 2.32. The number of hydrogen-bond donors (Lipinski definition) is 2. The van der Waals surface area contributed by atoms with Crippen molar-refractivity contribution in [2.75, 3.05) is 27.4 Å². The van der Waals surface area contributed by atoms with E-state index in [1.807, 2.05) is 38.2 Å². The van der Waals surface area contributed by atoms with Crippen LogP contribution < -0.4 is 15.6 Å². The number of hydrogen-bond acceptors (Lipinski definition) is 4. The number of nitrogens with zero attached hydrogens (tertiary/aromatic N) is 2. The van der Waals surface area contributed by atoms with Crippen LogP contribution in [0.5, 0.6) is 5.75 Å². The number of methoxy groups -OCH3 is 1. The monoisotopic (exact) mass is 482 g/mol. The number of H-pyrrole nitrogens is 1. The first kappa shape index (κ1) is 25.0. The van der Waals surface area contributed by atoms with Crippen molar-refractivity contribution in [3.05, 3.63) is 63.2 Å². The highest BCUT2D eigenvalue weighted by molar-refractivity contribution is 6.08. The second kappa shape index (κ2) is 10.2. The summed E-state index contributed by atoms with van der Waals surface area (Å²) in [6, 6.07) is 9.68. The summed E-state index contributed by atoms with van der Waals surface area (Å²) >= 11 is 0. The lowest BCUT2D eigenvalue weighted by Crippen LogP contribution is -2.43. The van der Waals surface area contributed by atoms with Crippen LogP contribution in [0.1, 0.15) is 53.1 Å². The molecule has 2 N–H and O–H groups in total. The molecule has 8 heteroatoms. The van der Waals surface area contributed by atoms with E-state index in [0.29, 0.717) is 28.5 Å². The molecular weight excluding hydrogens is 447 g/mol. The number of benzene rings is 1. The summed E-state index contributed by atoms with van der Waals surface area (Å²) in [5, 5.41) is 3.80. The molecule has 0 bridgehead atoms. The normalized spacial score (nSPS) is 19.6. The second-order valence-electron chi connectivity index (χ2n) is 9.67. The van der Waals surface area contributed by atoms with E-state index < -0.39 is 0 Å². The third kappa shape index (κ3) is 4.72. The fraction of sp³-hybridized carbons (Fsp3) is 0.481. The fourth-order valence-corrected chi connectivity index (χ4v) is 5.52. The van der Waals surface area contributed by atoms with Crippen molar-refractivity contribution in [2.45, 2.75) is 52.2 Å². The van der Waals surface area contributed by atoms with Crippen molar-refractivity contribution in [2.24, 2.45) is 5.92 Å². The van der Waals surface area contributed by atoms with E-state index in [4.69, 9.17) is 4.74 Å². The van der Waals surface area contributed by atoms with Gasteiger partial charge in [-0.25, -0.2) is 4.39 Å². The highest BCUT2D eigenvalue weighted by Crippen LogP contribution is 2.37. The number of likely N-dealkylation sites (tertiary alicyclic amines) is 1. The van der Waals surface area contributed by atoms with Gasteiger partial charge in [-0.2, -0.15) is 0 Å². The highest BCUT2D eigenvalue weighted by atomic mass is 19.1. The van der Waals surface area contributed by atoms with Crippen LogP contribution in [-0.4, -0.2) is 53.8 Å². The van der Waals surface area contributed by atoms with Gasteiger partial charge in [-0.15, -0.1) is 0 Å². The Morgan fingerprint density at radius 1 is 1.31 bits per heavy atom. The average Bonchev–Trinajstić information content (AvgIpc) is 3.14. The van der Waals surface area contributed by atoms with E-state index in [1.165, 1.54) is 7.11 Å². The van der Waals surface area contributed by atoms with Crippen LogP contribution in [0.3, 0.4) is 0 Å². The Hall–Kier alpha value is -3.13. The molecule has 1 saturated heterocycles. The number of fused-ring (bicyclic) bond motifs is 1. The Morgan fingerprint density at radius 3 is 2.77 bits per heavy atom. The lowest BCUT2D eigenvalue weighted by molar-refractivity contribution is 0.0945. The molecular formula is C27H35FN4O3. The van der Waals surface area contributed by atoms with Gasteiger partial charge < -0.3 is 24.5 Å². The van der Waals surface area contributed by atoms with E-state index in [9.17, 15) is 14.0 Å². The van der Waals surface area contributed by atoms with Gasteiger partial charge in [-0.05, 0) is 65.3 Å². The van der Waals surface area contributed by atoms with Gasteiger partial charge in [0.2, 0.25) is 0 Å². The van der Waals surface area contributed by atoms with Crippen LogP contribution in [0.15, 0.2) is 35.1 Å². The molecule has 1 aliphatic rings. The van der Waals surface area contributed by atoms with E-state index >= 15 is 0 Å². The molecule has 1 fully saturated rings. The lowest BCUT2D eigenvalue weighted by Gasteiger charge is -2.39. The quantitative estimate of drug-likeness (QED) is 0.531. The van der Waals surface area contributed by atoms with Crippen LogP contribution in [-0.2, 0) is 6.54 Å². The number of pyridine rings is 1. The van der Waals surface area contributed by atoms with E-state index in [0.717, 1.165) is 36.0 Å². The van der Waals surface area contributed by atoms with Crippen LogP contribution in [0.4, 0.5) is 4.39 Å². The van der Waals surface area contributed by atoms with Gasteiger partial charge in [0.05, 0.1) is 24.8 Å². The molecule has 188 valence electrons. The Morgan fingerprint density at radius 2 is 2.06 bits per heavy atom. The number of aromatic nitrogens is 2. The molecule has 2 aromatic heterocycles. The maximum Gasteiger partial charge on any atom is 0.256 e. The largest absolute Gasteiger partial charge is 0.496 e. The molecule has 1 aromatic carbocycles. The van der Waals surface area contributed by atoms with Crippen LogP contribution >= 0.6 is 0 Å². The summed E-state index contributed by atoms with van der Waals surface area (Å²) in [7, 11) is 3.49. The second-order valence-corrected chi connectivity index (χ2v) is 9.67. The number of rotatable bonds is 7. The van der Waals surface area contributed by atoms with Gasteiger partial charge in [-0.3, -0.25) is 9.59 Å². The molecule has 3 aromatic rings. The molecule has 0 spiro atoms. The number of ether oxygens (including phenoxy) is 1. The molecule has 0 radical (unpaired) electrons. The number of para-hydroxylation sites is 1. The van der Waals surface area contributed by atoms with Crippen molar-refractivity contribution in [1.82, 2.24) is 19.8 Å². The van der Waals surface area contributed by atoms with Gasteiger partial charge in [0.15, 0.2) is 0 Å². The molecule has 1 amide bonds. The summed E-state index contributed by atoms with van der Waals surface area (Å²) in [6.45, 7) is 6.49. The maximum absolute atomic E-state index is 13.6. The van der Waals surface area contributed by atoms with Crippen LogP contribution in [0, 0.1) is 19.8 Å². The zero-order chi connectivity index (χ0) is 25.3. The third-order valence-corrected chi connectivity index (χ3v) is 7.58. The first-order valence-electron chi connectivity index (χ1n) is 12.2. The smallest absolute Gasteiger partial charge is 0.256 e. The molecule has 35 heavy (non-hydrogen) atoms. The third-order valence-electron chi connectivity index (χ3n) is 7.58. The number of nitrogens with one attached hydrogen (secondary N) is 2. The molecule has 3 atom stereocenters. The Balaban J connectivity index is 1.65. The molecule has 7 nitrogen and oxygen atoms in total. The number of aromatic amines is 1. The van der Waals surface area contributed by atoms with Crippen LogP contribution in [0.25, 0.3) is 10.9 Å². The van der Waals surface area contributed by atoms with Gasteiger partial charge in [0.1, 0.15) is 12.4 Å². The Kier molecular flexibility index (Phi) is 7.31. The summed E-state index contributed by atoms with van der Waals surface area (Å²) < 4.78 is 21.2. The van der Waals surface area contributed by atoms with Crippen molar-refractivity contribution in [1.29, 1.82) is 0 Å². The van der Waals surface area contributed by atoms with Gasteiger partial charge in [0.25, 0.3) is 11.5 Å². The van der Waals surface area contributed by atoms with Crippen molar-refractivity contribution >= 4 is 16.8 Å². The molecule has 0 saturated carbocycles. The lowest BCUT2D eigenvalue weighted by atomic mass is 9.86. The zero-order valence-electron chi connectivity index (χ0n) is 21.2. The number of amides is 1. The minimum absolute atomic E-state index is 0.0548. The standard InChI is InChI=1S/C27H35FN4O3/c1-16-12-24(35-5)22(26(33)30-16)15-29-27(34)25-18(3)32(23-9-7-6-8-21(23)25)17(2)19-10-11-31(4)20(13-19)14-28/h6-9,12,17,19-20H,10-11,13-15H2,1-5H3,(H,29,34)(H,30,33). The number of carbonyl (C=O) groups is 1. The Bertz CT molecular complexity index is 1280. The van der Waals surface area contributed by atoms with E-state index in [2.05, 4.69) is 26.7 Å². The SMILES string of the molecule is COc1cc(C)[nH]c(=O)c1CNC(=O)c1c(C)n(C(C)C2CCN(C)C(CF)C2)c2ccccc12. The summed E-state index contributed by atoms with van der Waals surface area (Å²) in [6.07, 6.45) is 1.77. The van der Waals surface area contributed by atoms with Gasteiger partial charge in [0, 0.05) is 34.4 Å². The minimum Gasteiger partial charge on any atom is -0.496 e. The van der Waals surface area contributed by atoms with Crippen molar-refractivity contribution < 1.29 is 13.9 Å². The number of halogens is 1. The molecule has 0 aliphatic carbocycles. The summed E-state index contributed by atoms with van der Waals surface area (Å²) in [5.74, 6) is 0.522. The number of alkyl halides is 1. The number of aryl methyl sites for hydroxylation is 1.